The zero-order chi connectivity index (χ0) is 28.8. The molecule has 0 heterocycles. The first-order chi connectivity index (χ1) is 17.8. The maximum absolute atomic E-state index is 13.1. The fourth-order valence-corrected chi connectivity index (χ4v) is 3.41. The average molecular weight is 534 g/mol. The summed E-state index contributed by atoms with van der Waals surface area (Å²) < 4.78 is 0. The molecule has 38 heavy (non-hydrogen) atoms. The quantitative estimate of drug-likeness (QED) is 0.0460. The van der Waals surface area contributed by atoms with Crippen LogP contribution in [0.3, 0.4) is 0 Å². The van der Waals surface area contributed by atoms with Crippen LogP contribution in [0.5, 0.6) is 0 Å². The molecule has 4 amide bonds. The topological polar surface area (TPSA) is 282 Å². The third-order valence-corrected chi connectivity index (χ3v) is 5.47. The summed E-state index contributed by atoms with van der Waals surface area (Å²) in [6, 6.07) is 3.84. The Kier molecular flexibility index (Phi) is 12.7. The highest BCUT2D eigenvalue weighted by atomic mass is 16.4. The zero-order valence-electron chi connectivity index (χ0n) is 21.0. The molecule has 1 aromatic carbocycles. The van der Waals surface area contributed by atoms with Crippen LogP contribution in [0.4, 0.5) is 0 Å². The van der Waals surface area contributed by atoms with Gasteiger partial charge >= 0.3 is 5.97 Å². The van der Waals surface area contributed by atoms with E-state index in [1.165, 1.54) is 7.05 Å². The fourth-order valence-electron chi connectivity index (χ4n) is 3.41. The summed E-state index contributed by atoms with van der Waals surface area (Å²) in [5.74, 6) is -5.91. The van der Waals surface area contributed by atoms with Gasteiger partial charge in [-0.15, -0.1) is 0 Å². The van der Waals surface area contributed by atoms with E-state index in [0.717, 1.165) is 0 Å². The molecule has 3 atom stereocenters. The molecule has 0 radical (unpaired) electrons. The third-order valence-electron chi connectivity index (χ3n) is 5.47. The van der Waals surface area contributed by atoms with Crippen LogP contribution in [0.25, 0.3) is 0 Å². The number of rotatable bonds is 16. The van der Waals surface area contributed by atoms with Gasteiger partial charge in [-0.2, -0.15) is 0 Å². The van der Waals surface area contributed by atoms with Gasteiger partial charge in [-0.25, -0.2) is 0 Å². The van der Waals surface area contributed by atoms with Crippen molar-refractivity contribution in [3.8, 4) is 0 Å². The van der Waals surface area contributed by atoms with Crippen LogP contribution in [0.2, 0.25) is 0 Å². The predicted octanol–water partition coefficient (Wildman–Crippen LogP) is -2.75. The van der Waals surface area contributed by atoms with Crippen LogP contribution in [0.1, 0.15) is 36.8 Å². The maximum Gasteiger partial charge on any atom is 0.303 e. The van der Waals surface area contributed by atoms with Crippen molar-refractivity contribution in [1.82, 2.24) is 16.0 Å². The minimum absolute atomic E-state index is 0.0499. The van der Waals surface area contributed by atoms with Gasteiger partial charge in [-0.1, -0.05) is 24.3 Å². The second kappa shape index (κ2) is 15.4. The van der Waals surface area contributed by atoms with Crippen LogP contribution in [-0.2, 0) is 30.4 Å². The van der Waals surface area contributed by atoms with Gasteiger partial charge in [0.2, 0.25) is 23.6 Å². The van der Waals surface area contributed by atoms with Crippen LogP contribution in [0, 0.1) is 11.3 Å². The standard InChI is InChI=1S/C23H35N9O6/c1-29-20(36)14(11-12-4-6-13(7-5-12)18(24)25)21(37)32-16(8-9-17(33)34)22(38)31-15(19(26)35)3-2-10-30-23(27)28/h4-7,14-16H,2-3,8-11H2,1H3,(H3,24,25)(H2,26,35)(H,29,36)(H,31,38)(H,32,37)(H,33,34)(H4,27,28,30)/t14-,15?,16?/m0/s1. The van der Waals surface area contributed by atoms with E-state index in [-0.39, 0.29) is 37.6 Å². The number of nitrogens with one attached hydrogen (secondary N) is 4. The summed E-state index contributed by atoms with van der Waals surface area (Å²) in [7, 11) is 1.34. The number of hydrogen-bond donors (Lipinski definition) is 9. The molecule has 208 valence electrons. The molecule has 1 aromatic rings. The lowest BCUT2D eigenvalue weighted by molar-refractivity contribution is -0.140. The SMILES string of the molecule is CNC(=O)[C@H](Cc1ccc(C(=N)N)cc1)C(=O)NC(CCC(=O)O)C(=O)NC(CCCN=C(N)N)C(N)=O. The number of nitrogens with zero attached hydrogens (tertiary/aromatic N) is 1. The predicted molar refractivity (Wildman–Crippen MR) is 139 cm³/mol. The molecule has 1 rings (SSSR count). The number of guanidine groups is 1. The van der Waals surface area contributed by atoms with Crippen LogP contribution < -0.4 is 38.9 Å². The van der Waals surface area contributed by atoms with Crippen molar-refractivity contribution in [2.24, 2.45) is 33.8 Å². The molecule has 0 aliphatic carbocycles. The lowest BCUT2D eigenvalue weighted by Crippen LogP contribution is -2.55. The summed E-state index contributed by atoms with van der Waals surface area (Å²) >= 11 is 0. The molecule has 0 saturated heterocycles. The first kappa shape index (κ1) is 31.3. The van der Waals surface area contributed by atoms with E-state index in [9.17, 15) is 24.0 Å². The van der Waals surface area contributed by atoms with E-state index in [4.69, 9.17) is 33.5 Å². The van der Waals surface area contributed by atoms with E-state index < -0.39 is 54.0 Å². The number of benzene rings is 1. The van der Waals surface area contributed by atoms with Crippen LogP contribution in [-0.4, -0.2) is 72.2 Å². The van der Waals surface area contributed by atoms with Gasteiger partial charge in [-0.3, -0.25) is 34.4 Å². The lowest BCUT2D eigenvalue weighted by Gasteiger charge is -2.23. The van der Waals surface area contributed by atoms with E-state index in [2.05, 4.69) is 20.9 Å². The molecule has 15 nitrogen and oxygen atoms in total. The number of hydrogen-bond acceptors (Lipinski definition) is 7. The second-order valence-corrected chi connectivity index (χ2v) is 8.39. The molecule has 0 bridgehead atoms. The number of amides is 4. The highest BCUT2D eigenvalue weighted by Crippen LogP contribution is 2.13. The Morgan fingerprint density at radius 2 is 1.53 bits per heavy atom. The van der Waals surface area contributed by atoms with Crippen molar-refractivity contribution < 1.29 is 29.1 Å². The van der Waals surface area contributed by atoms with Gasteiger partial charge in [-0.05, 0) is 31.2 Å². The number of amidine groups is 1. The zero-order valence-corrected chi connectivity index (χ0v) is 21.0. The Morgan fingerprint density at radius 1 is 0.921 bits per heavy atom. The maximum atomic E-state index is 13.1. The third kappa shape index (κ3) is 10.9. The van der Waals surface area contributed by atoms with Crippen LogP contribution >= 0.6 is 0 Å². The lowest BCUT2D eigenvalue weighted by atomic mass is 9.96. The highest BCUT2D eigenvalue weighted by molar-refractivity contribution is 6.02. The Morgan fingerprint density at radius 3 is 2.03 bits per heavy atom. The Labute approximate surface area is 219 Å². The molecule has 0 saturated carbocycles. The van der Waals surface area contributed by atoms with Crippen molar-refractivity contribution in [3.63, 3.8) is 0 Å². The number of carboxylic acid groups (broad SMARTS) is 1. The van der Waals surface area contributed by atoms with Crippen molar-refractivity contribution in [2.75, 3.05) is 13.6 Å². The number of carbonyl (C=O) groups excluding carboxylic acids is 4. The van der Waals surface area contributed by atoms with E-state index in [0.29, 0.717) is 17.5 Å². The minimum atomic E-state index is -1.37. The molecular formula is C23H35N9O6. The summed E-state index contributed by atoms with van der Waals surface area (Å²) in [6.07, 6.45) is -0.430. The first-order valence-corrected chi connectivity index (χ1v) is 11.7. The molecule has 0 aliphatic rings. The Bertz CT molecular complexity index is 1050. The average Bonchev–Trinajstić information content (AvgIpc) is 2.85. The summed E-state index contributed by atoms with van der Waals surface area (Å²) in [5, 5.41) is 23.8. The molecule has 2 unspecified atom stereocenters. The number of nitrogen functional groups attached to an aromatic ring is 1. The molecule has 13 N–H and O–H groups in total. The van der Waals surface area contributed by atoms with Crippen LogP contribution in [0.15, 0.2) is 29.3 Å². The summed E-state index contributed by atoms with van der Waals surface area (Å²) in [5.41, 5.74) is 22.4. The molecular weight excluding hydrogens is 498 g/mol. The van der Waals surface area contributed by atoms with Gasteiger partial charge < -0.3 is 44.0 Å². The number of primary amides is 1. The first-order valence-electron chi connectivity index (χ1n) is 11.7. The van der Waals surface area contributed by atoms with Gasteiger partial charge in [0.25, 0.3) is 0 Å². The van der Waals surface area contributed by atoms with Crippen molar-refractivity contribution in [2.45, 2.75) is 44.2 Å². The van der Waals surface area contributed by atoms with Gasteiger partial charge in [0, 0.05) is 25.6 Å². The monoisotopic (exact) mass is 533 g/mol. The number of aliphatic imine (C=N–C) groups is 1. The number of nitrogens with two attached hydrogens (primary N) is 4. The van der Waals surface area contributed by atoms with E-state index >= 15 is 0 Å². The van der Waals surface area contributed by atoms with Gasteiger partial charge in [0.15, 0.2) is 5.96 Å². The molecule has 0 aliphatic heterocycles. The number of aliphatic carboxylic acids is 1. The molecule has 0 spiro atoms. The smallest absolute Gasteiger partial charge is 0.303 e. The fraction of sp³-hybridized carbons (Fsp3) is 0.435. The van der Waals surface area contributed by atoms with Crippen molar-refractivity contribution in [1.29, 1.82) is 5.41 Å². The number of carboxylic acids is 1. The molecule has 0 fully saturated rings. The Balaban J connectivity index is 3.05. The normalized spacial score (nSPS) is 12.8. The van der Waals surface area contributed by atoms with Gasteiger partial charge in [0.05, 0.1) is 0 Å². The van der Waals surface area contributed by atoms with Crippen molar-refractivity contribution >= 4 is 41.4 Å². The second-order valence-electron chi connectivity index (χ2n) is 8.39. The van der Waals surface area contributed by atoms with E-state index in [1.807, 2.05) is 0 Å². The largest absolute Gasteiger partial charge is 0.481 e. The molecule has 0 aromatic heterocycles. The summed E-state index contributed by atoms with van der Waals surface area (Å²) in [4.78, 5) is 65.3. The Hall–Kier alpha value is -4.69. The van der Waals surface area contributed by atoms with E-state index in [1.54, 1.807) is 24.3 Å². The summed E-state index contributed by atoms with van der Waals surface area (Å²) in [6.45, 7) is 0.183. The molecule has 15 heteroatoms. The minimum Gasteiger partial charge on any atom is -0.481 e. The van der Waals surface area contributed by atoms with Crippen molar-refractivity contribution in [3.05, 3.63) is 35.4 Å². The number of carbonyl (C=O) groups is 5. The highest BCUT2D eigenvalue weighted by Gasteiger charge is 2.31. The van der Waals surface area contributed by atoms with Gasteiger partial charge in [0.1, 0.15) is 23.8 Å².